The number of hydrogen-bond donors (Lipinski definition) is 0. The lowest BCUT2D eigenvalue weighted by molar-refractivity contribution is 0.0123. The first kappa shape index (κ1) is 17.0. The van der Waals surface area contributed by atoms with Crippen LogP contribution in [0.15, 0.2) is 35.0 Å². The van der Waals surface area contributed by atoms with Crippen molar-refractivity contribution < 1.29 is 13.3 Å². The summed E-state index contributed by atoms with van der Waals surface area (Å²) in [5.74, 6) is -0.103. The minimum atomic E-state index is -3.51. The van der Waals surface area contributed by atoms with Crippen LogP contribution < -0.4 is 0 Å². The molecule has 0 atom stereocenters. The lowest BCUT2D eigenvalue weighted by Gasteiger charge is -2.14. The van der Waals surface area contributed by atoms with E-state index in [2.05, 4.69) is 5.16 Å². The second kappa shape index (κ2) is 6.05. The molecule has 1 aliphatic rings. The van der Waals surface area contributed by atoms with E-state index in [1.807, 2.05) is 39.8 Å². The van der Waals surface area contributed by atoms with Crippen molar-refractivity contribution in [2.24, 2.45) is 5.16 Å². The summed E-state index contributed by atoms with van der Waals surface area (Å²) in [7, 11) is -3.51. The molecule has 4 nitrogen and oxygen atoms in total. The van der Waals surface area contributed by atoms with Crippen LogP contribution in [0, 0.1) is 0 Å². The van der Waals surface area contributed by atoms with Crippen LogP contribution in [0.3, 0.4) is 0 Å². The summed E-state index contributed by atoms with van der Waals surface area (Å²) in [5.41, 5.74) is 1.93. The zero-order valence-electron chi connectivity index (χ0n) is 13.2. The van der Waals surface area contributed by atoms with E-state index in [1.165, 1.54) is 0 Å². The highest BCUT2D eigenvalue weighted by molar-refractivity contribution is 8.06. The molecule has 0 saturated heterocycles. The highest BCUT2D eigenvalue weighted by atomic mass is 35.5. The quantitative estimate of drug-likeness (QED) is 0.833. The number of nitrogens with zero attached hydrogens (tertiary/aromatic N) is 1. The van der Waals surface area contributed by atoms with E-state index in [9.17, 15) is 8.42 Å². The molecule has 0 N–H and O–H groups in total. The van der Waals surface area contributed by atoms with E-state index < -0.39 is 15.4 Å². The third kappa shape index (κ3) is 3.90. The van der Waals surface area contributed by atoms with Gasteiger partial charge in [0.25, 0.3) is 0 Å². The summed E-state index contributed by atoms with van der Waals surface area (Å²) >= 11 is 6.01. The van der Waals surface area contributed by atoms with Crippen molar-refractivity contribution in [1.29, 1.82) is 0 Å². The van der Waals surface area contributed by atoms with Gasteiger partial charge in [-0.3, -0.25) is 0 Å². The summed E-state index contributed by atoms with van der Waals surface area (Å²) in [4.78, 5) is 5.18. The van der Waals surface area contributed by atoms with Crippen molar-refractivity contribution >= 4 is 32.1 Å². The topological polar surface area (TPSA) is 55.7 Å². The Bertz CT molecular complexity index is 744. The molecule has 0 aromatic heterocycles. The molecule has 0 spiro atoms. The normalized spacial score (nSPS) is 16.9. The third-order valence-corrected chi connectivity index (χ3v) is 5.28. The van der Waals surface area contributed by atoms with Gasteiger partial charge in [0.05, 0.1) is 5.75 Å². The van der Waals surface area contributed by atoms with Gasteiger partial charge in [-0.25, -0.2) is 8.42 Å². The van der Waals surface area contributed by atoms with Crippen LogP contribution in [-0.4, -0.2) is 24.8 Å². The second-order valence-corrected chi connectivity index (χ2v) is 8.69. The third-order valence-electron chi connectivity index (χ3n) is 3.44. The Morgan fingerprint density at radius 3 is 2.55 bits per heavy atom. The second-order valence-electron chi connectivity index (χ2n) is 6.26. The van der Waals surface area contributed by atoms with E-state index in [0.717, 1.165) is 16.7 Å². The SMILES string of the molecule is CC(C)=C(CS(=O)(=O)C1=NOC(C)(C)C1)c1cccc(Cl)c1. The Balaban J connectivity index is 2.32. The van der Waals surface area contributed by atoms with Gasteiger partial charge in [-0.05, 0) is 51.0 Å². The minimum Gasteiger partial charge on any atom is -0.389 e. The van der Waals surface area contributed by atoms with Gasteiger partial charge < -0.3 is 4.84 Å². The van der Waals surface area contributed by atoms with E-state index in [-0.39, 0.29) is 10.8 Å². The highest BCUT2D eigenvalue weighted by Gasteiger charge is 2.36. The number of benzene rings is 1. The Kier molecular flexibility index (Phi) is 4.68. The molecule has 0 fully saturated rings. The number of rotatable bonds is 3. The van der Waals surface area contributed by atoms with Crippen molar-refractivity contribution in [1.82, 2.24) is 0 Å². The van der Waals surface area contributed by atoms with E-state index in [1.54, 1.807) is 12.1 Å². The molecule has 2 rings (SSSR count). The van der Waals surface area contributed by atoms with Gasteiger partial charge in [0.15, 0.2) is 14.9 Å². The first-order valence-electron chi connectivity index (χ1n) is 7.01. The summed E-state index contributed by atoms with van der Waals surface area (Å²) < 4.78 is 25.2. The molecule has 1 aromatic carbocycles. The van der Waals surface area contributed by atoms with Crippen LogP contribution >= 0.6 is 11.6 Å². The zero-order chi connectivity index (χ0) is 16.5. The average Bonchev–Trinajstić information content (AvgIpc) is 2.77. The monoisotopic (exact) mass is 341 g/mol. The summed E-state index contributed by atoms with van der Waals surface area (Å²) in [6.45, 7) is 7.42. The molecule has 6 heteroatoms. The van der Waals surface area contributed by atoms with Crippen molar-refractivity contribution in [2.75, 3.05) is 5.75 Å². The Morgan fingerprint density at radius 2 is 2.05 bits per heavy atom. The van der Waals surface area contributed by atoms with Crippen molar-refractivity contribution in [3.8, 4) is 0 Å². The van der Waals surface area contributed by atoms with Gasteiger partial charge in [-0.1, -0.05) is 34.5 Å². The molecule has 1 aromatic rings. The molecule has 0 aliphatic carbocycles. The molecule has 0 saturated carbocycles. The van der Waals surface area contributed by atoms with Gasteiger partial charge in [0.1, 0.15) is 5.60 Å². The fourth-order valence-corrected chi connectivity index (χ4v) is 4.15. The number of oxime groups is 1. The highest BCUT2D eigenvalue weighted by Crippen LogP contribution is 2.29. The average molecular weight is 342 g/mol. The van der Waals surface area contributed by atoms with Crippen molar-refractivity contribution in [2.45, 2.75) is 39.7 Å². The molecule has 1 aliphatic heterocycles. The number of allylic oxidation sites excluding steroid dienone is 1. The predicted molar refractivity (Wildman–Crippen MR) is 90.7 cm³/mol. The Morgan fingerprint density at radius 1 is 1.36 bits per heavy atom. The summed E-state index contributed by atoms with van der Waals surface area (Å²) in [6, 6.07) is 7.21. The fourth-order valence-electron chi connectivity index (χ4n) is 2.24. The van der Waals surface area contributed by atoms with Gasteiger partial charge in [-0.15, -0.1) is 0 Å². The van der Waals surface area contributed by atoms with Crippen LogP contribution in [0.2, 0.25) is 5.02 Å². The maximum Gasteiger partial charge on any atom is 0.199 e. The van der Waals surface area contributed by atoms with Crippen LogP contribution in [0.25, 0.3) is 5.57 Å². The van der Waals surface area contributed by atoms with Gasteiger partial charge in [0.2, 0.25) is 0 Å². The van der Waals surface area contributed by atoms with Crippen LogP contribution in [0.5, 0.6) is 0 Å². The molecule has 0 radical (unpaired) electrons. The predicted octanol–water partition coefficient (Wildman–Crippen LogP) is 4.06. The molecule has 0 amide bonds. The molecule has 0 bridgehead atoms. The van der Waals surface area contributed by atoms with Gasteiger partial charge in [-0.2, -0.15) is 0 Å². The van der Waals surface area contributed by atoms with Crippen LogP contribution in [0.4, 0.5) is 0 Å². The van der Waals surface area contributed by atoms with Crippen molar-refractivity contribution in [3.63, 3.8) is 0 Å². The molecular formula is C16H20ClNO3S. The standard InChI is InChI=1S/C16H20ClNO3S/c1-11(2)14(12-6-5-7-13(17)8-12)10-22(19,20)15-9-16(3,4)21-18-15/h5-8H,9-10H2,1-4H3. The van der Waals surface area contributed by atoms with E-state index in [0.29, 0.717) is 11.4 Å². The number of halogens is 1. The van der Waals surface area contributed by atoms with Gasteiger partial charge >= 0.3 is 0 Å². The molecule has 1 heterocycles. The molecule has 22 heavy (non-hydrogen) atoms. The molecular weight excluding hydrogens is 322 g/mol. The smallest absolute Gasteiger partial charge is 0.199 e. The zero-order valence-corrected chi connectivity index (χ0v) is 14.8. The molecule has 120 valence electrons. The summed E-state index contributed by atoms with van der Waals surface area (Å²) in [5, 5.41) is 4.45. The van der Waals surface area contributed by atoms with Gasteiger partial charge in [0, 0.05) is 11.4 Å². The maximum atomic E-state index is 12.6. The van der Waals surface area contributed by atoms with Crippen LogP contribution in [0.1, 0.15) is 39.7 Å². The Labute approximate surface area is 136 Å². The number of sulfone groups is 1. The fraction of sp³-hybridized carbons (Fsp3) is 0.438. The number of hydrogen-bond acceptors (Lipinski definition) is 4. The first-order chi connectivity index (χ1) is 10.1. The van der Waals surface area contributed by atoms with Crippen molar-refractivity contribution in [3.05, 3.63) is 40.4 Å². The van der Waals surface area contributed by atoms with E-state index >= 15 is 0 Å². The largest absolute Gasteiger partial charge is 0.389 e. The van der Waals surface area contributed by atoms with Crippen LogP contribution in [-0.2, 0) is 14.7 Å². The maximum absolute atomic E-state index is 12.6. The van der Waals surface area contributed by atoms with E-state index in [4.69, 9.17) is 16.4 Å². The first-order valence-corrected chi connectivity index (χ1v) is 9.04. The lowest BCUT2D eigenvalue weighted by Crippen LogP contribution is -2.24. The minimum absolute atomic E-state index is 0.103. The lowest BCUT2D eigenvalue weighted by atomic mass is 10.0. The summed E-state index contributed by atoms with van der Waals surface area (Å²) in [6.07, 6.45) is 0.293. The molecule has 0 unspecified atom stereocenters. The Hall–Kier alpha value is -1.33.